The summed E-state index contributed by atoms with van der Waals surface area (Å²) in [7, 11) is 0. The molecule has 1 atom stereocenters. The summed E-state index contributed by atoms with van der Waals surface area (Å²) in [5.41, 5.74) is 10.1. The van der Waals surface area contributed by atoms with Gasteiger partial charge in [0.05, 0.1) is 25.5 Å². The monoisotopic (exact) mass is 276 g/mol. The Balaban J connectivity index is 2.25. The molecule has 4 N–H and O–H groups in total. The van der Waals surface area contributed by atoms with Crippen molar-refractivity contribution in [2.24, 2.45) is 4.99 Å². The molecule has 1 fully saturated rings. The maximum atomic E-state index is 9.04. The first kappa shape index (κ1) is 14.7. The minimum Gasteiger partial charge on any atom is -0.398 e. The zero-order valence-corrected chi connectivity index (χ0v) is 11.4. The van der Waals surface area contributed by atoms with E-state index in [1.807, 2.05) is 18.2 Å². The van der Waals surface area contributed by atoms with Crippen molar-refractivity contribution >= 4 is 11.4 Å². The first-order valence-corrected chi connectivity index (χ1v) is 6.62. The Morgan fingerprint density at radius 3 is 2.85 bits per heavy atom. The molecular formula is C15H20N2O3. The standard InChI is InChI=1S/C15H20N2O3/c1-10-13(17-6-8-19)9-20-15(10)12-4-2-3-11(5-7-18)14(12)16/h2-4,15,18-19H,1,5-9,16H2. The summed E-state index contributed by atoms with van der Waals surface area (Å²) in [6, 6.07) is 5.70. The van der Waals surface area contributed by atoms with Gasteiger partial charge in [-0.3, -0.25) is 4.99 Å². The van der Waals surface area contributed by atoms with E-state index in [1.54, 1.807) is 0 Å². The zero-order chi connectivity index (χ0) is 14.5. The van der Waals surface area contributed by atoms with E-state index in [4.69, 9.17) is 20.7 Å². The van der Waals surface area contributed by atoms with Gasteiger partial charge >= 0.3 is 0 Å². The average molecular weight is 276 g/mol. The molecule has 1 saturated heterocycles. The number of rotatable bonds is 5. The van der Waals surface area contributed by atoms with E-state index in [-0.39, 0.29) is 19.3 Å². The first-order chi connectivity index (χ1) is 9.69. The van der Waals surface area contributed by atoms with Gasteiger partial charge < -0.3 is 20.7 Å². The second kappa shape index (κ2) is 6.65. The predicted octanol–water partition coefficient (Wildman–Crippen LogP) is 0.864. The smallest absolute Gasteiger partial charge is 0.111 e. The second-order valence-electron chi connectivity index (χ2n) is 4.66. The first-order valence-electron chi connectivity index (χ1n) is 6.62. The molecule has 0 amide bonds. The van der Waals surface area contributed by atoms with Crippen LogP contribution < -0.4 is 5.73 Å². The summed E-state index contributed by atoms with van der Waals surface area (Å²) in [4.78, 5) is 4.25. The second-order valence-corrected chi connectivity index (χ2v) is 4.66. The maximum absolute atomic E-state index is 9.04. The van der Waals surface area contributed by atoms with Crippen molar-refractivity contribution in [3.63, 3.8) is 0 Å². The van der Waals surface area contributed by atoms with Gasteiger partial charge in [-0.1, -0.05) is 24.8 Å². The summed E-state index contributed by atoms with van der Waals surface area (Å²) < 4.78 is 5.72. The van der Waals surface area contributed by atoms with Crippen LogP contribution in [0.25, 0.3) is 0 Å². The molecule has 0 aliphatic carbocycles. The van der Waals surface area contributed by atoms with E-state index in [2.05, 4.69) is 11.6 Å². The number of anilines is 1. The molecule has 0 aromatic heterocycles. The van der Waals surface area contributed by atoms with Crippen LogP contribution in [0.3, 0.4) is 0 Å². The lowest BCUT2D eigenvalue weighted by Crippen LogP contribution is -2.07. The summed E-state index contributed by atoms with van der Waals surface area (Å²) in [6.07, 6.45) is 0.218. The van der Waals surface area contributed by atoms with E-state index >= 15 is 0 Å². The third-order valence-corrected chi connectivity index (χ3v) is 3.37. The molecule has 1 unspecified atom stereocenters. The van der Waals surface area contributed by atoms with Gasteiger partial charge in [0.25, 0.3) is 0 Å². The van der Waals surface area contributed by atoms with Crippen molar-refractivity contribution in [3.8, 4) is 0 Å². The molecule has 0 radical (unpaired) electrons. The number of nitrogens with two attached hydrogens (primary N) is 1. The van der Waals surface area contributed by atoms with Gasteiger partial charge in [-0.2, -0.15) is 0 Å². The summed E-state index contributed by atoms with van der Waals surface area (Å²) in [5, 5.41) is 17.9. The molecule has 0 saturated carbocycles. The molecule has 0 spiro atoms. The molecule has 1 aromatic carbocycles. The van der Waals surface area contributed by atoms with Crippen LogP contribution in [0.5, 0.6) is 0 Å². The van der Waals surface area contributed by atoms with Gasteiger partial charge in [0.1, 0.15) is 6.10 Å². The Kier molecular flexibility index (Phi) is 4.89. The summed E-state index contributed by atoms with van der Waals surface area (Å²) in [6.45, 7) is 4.82. The van der Waals surface area contributed by atoms with Crippen LogP contribution in [0, 0.1) is 0 Å². The van der Waals surface area contributed by atoms with Gasteiger partial charge in [0, 0.05) is 23.4 Å². The van der Waals surface area contributed by atoms with Crippen LogP contribution >= 0.6 is 0 Å². The Hall–Kier alpha value is -1.69. The van der Waals surface area contributed by atoms with Crippen LogP contribution in [0.15, 0.2) is 35.3 Å². The van der Waals surface area contributed by atoms with E-state index < -0.39 is 0 Å². The highest BCUT2D eigenvalue weighted by molar-refractivity contribution is 6.03. The SMILES string of the molecule is C=C1C(=NCCO)COC1c1cccc(CCO)c1N. The largest absolute Gasteiger partial charge is 0.398 e. The van der Waals surface area contributed by atoms with Crippen LogP contribution in [-0.4, -0.2) is 42.3 Å². The molecule has 2 rings (SSSR count). The molecule has 5 heteroatoms. The van der Waals surface area contributed by atoms with Gasteiger partial charge in [-0.25, -0.2) is 0 Å². The lowest BCUT2D eigenvalue weighted by Gasteiger charge is -2.16. The van der Waals surface area contributed by atoms with E-state index in [0.29, 0.717) is 25.3 Å². The average Bonchev–Trinajstić information content (AvgIpc) is 2.80. The number of nitrogen functional groups attached to an aromatic ring is 1. The van der Waals surface area contributed by atoms with Crippen LogP contribution in [-0.2, 0) is 11.2 Å². The minimum atomic E-state index is -0.300. The highest BCUT2D eigenvalue weighted by Gasteiger charge is 2.29. The number of aliphatic hydroxyl groups is 2. The number of aliphatic imine (C=N–C) groups is 1. The zero-order valence-electron chi connectivity index (χ0n) is 11.4. The van der Waals surface area contributed by atoms with Crippen molar-refractivity contribution in [3.05, 3.63) is 41.5 Å². The molecule has 5 nitrogen and oxygen atoms in total. The topological polar surface area (TPSA) is 88.1 Å². The maximum Gasteiger partial charge on any atom is 0.111 e. The molecular weight excluding hydrogens is 256 g/mol. The molecule has 1 heterocycles. The quantitative estimate of drug-likeness (QED) is 0.696. The summed E-state index contributed by atoms with van der Waals surface area (Å²) >= 11 is 0. The van der Waals surface area contributed by atoms with Crippen LogP contribution in [0.4, 0.5) is 5.69 Å². The number of aliphatic hydroxyl groups excluding tert-OH is 2. The third kappa shape index (κ3) is 2.90. The number of para-hydroxylation sites is 1. The van der Waals surface area contributed by atoms with Gasteiger partial charge in [0.2, 0.25) is 0 Å². The van der Waals surface area contributed by atoms with Crippen molar-refractivity contribution in [2.45, 2.75) is 12.5 Å². The highest BCUT2D eigenvalue weighted by Crippen LogP contribution is 2.35. The molecule has 108 valence electrons. The van der Waals surface area contributed by atoms with Gasteiger partial charge in [-0.05, 0) is 12.0 Å². The number of nitrogens with zero attached hydrogens (tertiary/aromatic N) is 1. The van der Waals surface area contributed by atoms with E-state index in [1.165, 1.54) is 0 Å². The molecule has 1 aliphatic rings. The molecule has 0 bridgehead atoms. The highest BCUT2D eigenvalue weighted by atomic mass is 16.5. The van der Waals surface area contributed by atoms with E-state index in [9.17, 15) is 0 Å². The Morgan fingerprint density at radius 1 is 1.35 bits per heavy atom. The van der Waals surface area contributed by atoms with Gasteiger partial charge in [0.15, 0.2) is 0 Å². The number of ether oxygens (including phenoxy) is 1. The number of hydrogen-bond donors (Lipinski definition) is 3. The molecule has 1 aromatic rings. The predicted molar refractivity (Wildman–Crippen MR) is 78.9 cm³/mol. The minimum absolute atomic E-state index is 0.00949. The van der Waals surface area contributed by atoms with Crippen molar-refractivity contribution in [1.82, 2.24) is 0 Å². The third-order valence-electron chi connectivity index (χ3n) is 3.37. The fraction of sp³-hybridized carbons (Fsp3) is 0.400. The van der Waals surface area contributed by atoms with Crippen LogP contribution in [0.1, 0.15) is 17.2 Å². The summed E-state index contributed by atoms with van der Waals surface area (Å²) in [5.74, 6) is 0. The fourth-order valence-corrected chi connectivity index (χ4v) is 2.32. The lowest BCUT2D eigenvalue weighted by atomic mass is 9.96. The van der Waals surface area contributed by atoms with E-state index in [0.717, 1.165) is 22.4 Å². The van der Waals surface area contributed by atoms with Crippen molar-refractivity contribution < 1.29 is 14.9 Å². The van der Waals surface area contributed by atoms with Crippen molar-refractivity contribution in [1.29, 1.82) is 0 Å². The Bertz CT molecular complexity index is 526. The molecule has 1 aliphatic heterocycles. The van der Waals surface area contributed by atoms with Gasteiger partial charge in [-0.15, -0.1) is 0 Å². The number of hydrogen-bond acceptors (Lipinski definition) is 5. The fourth-order valence-electron chi connectivity index (χ4n) is 2.32. The van der Waals surface area contributed by atoms with Crippen LogP contribution in [0.2, 0.25) is 0 Å². The Morgan fingerprint density at radius 2 is 2.15 bits per heavy atom. The molecule has 20 heavy (non-hydrogen) atoms. The number of benzene rings is 1. The van der Waals surface area contributed by atoms with Crippen molar-refractivity contribution in [2.75, 3.05) is 32.1 Å². The Labute approximate surface area is 118 Å². The lowest BCUT2D eigenvalue weighted by molar-refractivity contribution is 0.136. The normalized spacial score (nSPS) is 20.8.